The average Bonchev–Trinajstić information content (AvgIpc) is 3.30. The van der Waals surface area contributed by atoms with E-state index in [0.717, 1.165) is 17.9 Å². The van der Waals surface area contributed by atoms with E-state index in [4.69, 9.17) is 4.74 Å². The van der Waals surface area contributed by atoms with Gasteiger partial charge in [0.1, 0.15) is 11.5 Å². The summed E-state index contributed by atoms with van der Waals surface area (Å²) >= 11 is 0. The van der Waals surface area contributed by atoms with E-state index in [1.165, 1.54) is 5.56 Å². The predicted octanol–water partition coefficient (Wildman–Crippen LogP) is 3.07. The maximum Gasteiger partial charge on any atom is 0.118 e. The molecule has 0 amide bonds. The predicted molar refractivity (Wildman–Crippen MR) is 76.4 cm³/mol. The number of rotatable bonds is 4. The molecule has 1 aromatic carbocycles. The zero-order valence-electron chi connectivity index (χ0n) is 11.2. The summed E-state index contributed by atoms with van der Waals surface area (Å²) in [5.74, 6) is 1.49. The first-order chi connectivity index (χ1) is 9.83. The lowest BCUT2D eigenvalue weighted by molar-refractivity contribution is 0.317. The Morgan fingerprint density at radius 3 is 2.65 bits per heavy atom. The lowest BCUT2D eigenvalue weighted by atomic mass is 10.1. The highest BCUT2D eigenvalue weighted by molar-refractivity contribution is 6.02. The first-order valence-electron chi connectivity index (χ1n) is 6.61. The van der Waals surface area contributed by atoms with E-state index in [-0.39, 0.29) is 5.92 Å². The van der Waals surface area contributed by atoms with Gasteiger partial charge in [0.15, 0.2) is 0 Å². The molecule has 1 heterocycles. The van der Waals surface area contributed by atoms with Crippen LogP contribution < -0.4 is 4.74 Å². The summed E-state index contributed by atoms with van der Waals surface area (Å²) in [6.45, 7) is 0. The van der Waals surface area contributed by atoms with Crippen molar-refractivity contribution in [1.82, 2.24) is 4.98 Å². The highest BCUT2D eigenvalue weighted by Crippen LogP contribution is 2.49. The van der Waals surface area contributed by atoms with Crippen molar-refractivity contribution in [2.24, 2.45) is 11.1 Å². The third kappa shape index (κ3) is 2.37. The number of oxime groups is 1. The Hall–Kier alpha value is -2.36. The van der Waals surface area contributed by atoms with E-state index in [0.29, 0.717) is 11.6 Å². The molecule has 0 aliphatic heterocycles. The SMILES string of the molecule is COc1ccc([C@H]2C[C@@H]2/C(=N\O)c2ccccn2)cc1. The molecule has 2 atom stereocenters. The summed E-state index contributed by atoms with van der Waals surface area (Å²) in [4.78, 5) is 4.26. The van der Waals surface area contributed by atoms with Crippen molar-refractivity contribution in [3.05, 3.63) is 59.9 Å². The molecule has 1 aliphatic carbocycles. The van der Waals surface area contributed by atoms with Crippen LogP contribution in [0.3, 0.4) is 0 Å². The fourth-order valence-electron chi connectivity index (χ4n) is 2.55. The highest BCUT2D eigenvalue weighted by atomic mass is 16.5. The number of pyridine rings is 1. The quantitative estimate of drug-likeness (QED) is 0.526. The molecule has 4 nitrogen and oxygen atoms in total. The Kier molecular flexibility index (Phi) is 3.37. The van der Waals surface area contributed by atoms with Gasteiger partial charge in [-0.05, 0) is 42.2 Å². The van der Waals surface area contributed by atoms with E-state index in [1.54, 1.807) is 13.3 Å². The van der Waals surface area contributed by atoms with E-state index in [2.05, 4.69) is 22.3 Å². The minimum atomic E-state index is 0.239. The van der Waals surface area contributed by atoms with Gasteiger partial charge < -0.3 is 9.94 Å². The zero-order chi connectivity index (χ0) is 13.9. The second-order valence-corrected chi connectivity index (χ2v) is 4.92. The third-order valence-corrected chi connectivity index (χ3v) is 3.72. The first-order valence-corrected chi connectivity index (χ1v) is 6.61. The molecule has 0 unspecified atom stereocenters. The number of methoxy groups -OCH3 is 1. The molecule has 1 aliphatic rings. The average molecular weight is 268 g/mol. The van der Waals surface area contributed by atoms with Gasteiger partial charge >= 0.3 is 0 Å². The first kappa shape index (κ1) is 12.7. The minimum Gasteiger partial charge on any atom is -0.497 e. The van der Waals surface area contributed by atoms with Crippen molar-refractivity contribution >= 4 is 5.71 Å². The fraction of sp³-hybridized carbons (Fsp3) is 0.250. The lowest BCUT2D eigenvalue weighted by Crippen LogP contribution is -2.07. The normalized spacial score (nSPS) is 21.6. The van der Waals surface area contributed by atoms with Crippen molar-refractivity contribution in [1.29, 1.82) is 0 Å². The third-order valence-electron chi connectivity index (χ3n) is 3.72. The Labute approximate surface area is 117 Å². The fourth-order valence-corrected chi connectivity index (χ4v) is 2.55. The van der Waals surface area contributed by atoms with E-state index in [1.807, 2.05) is 30.3 Å². The van der Waals surface area contributed by atoms with Gasteiger partial charge in [0, 0.05) is 12.1 Å². The van der Waals surface area contributed by atoms with Gasteiger partial charge in [0.2, 0.25) is 0 Å². The van der Waals surface area contributed by atoms with Crippen molar-refractivity contribution in [3.63, 3.8) is 0 Å². The van der Waals surface area contributed by atoms with Crippen molar-refractivity contribution in [2.75, 3.05) is 7.11 Å². The summed E-state index contributed by atoms with van der Waals surface area (Å²) in [7, 11) is 1.66. The van der Waals surface area contributed by atoms with Gasteiger partial charge in [-0.2, -0.15) is 0 Å². The molecule has 1 saturated carbocycles. The molecule has 0 spiro atoms. The second-order valence-electron chi connectivity index (χ2n) is 4.92. The van der Waals surface area contributed by atoms with Crippen LogP contribution in [0.5, 0.6) is 5.75 Å². The summed E-state index contributed by atoms with van der Waals surface area (Å²) < 4.78 is 5.16. The second kappa shape index (κ2) is 5.33. The Morgan fingerprint density at radius 2 is 2.05 bits per heavy atom. The van der Waals surface area contributed by atoms with E-state index >= 15 is 0 Å². The standard InChI is InChI=1S/C16H16N2O2/c1-20-12-7-5-11(6-8-12)13-10-14(13)16(18-19)15-4-2-3-9-17-15/h2-9,13-14,19H,10H2,1H3/b18-16+/t13-,14+/m1/s1. The molecule has 1 aromatic heterocycles. The molecule has 4 heteroatoms. The van der Waals surface area contributed by atoms with E-state index in [9.17, 15) is 5.21 Å². The maximum atomic E-state index is 9.26. The number of hydrogen-bond donors (Lipinski definition) is 1. The molecule has 102 valence electrons. The topological polar surface area (TPSA) is 54.7 Å². The van der Waals surface area contributed by atoms with Crippen molar-refractivity contribution in [2.45, 2.75) is 12.3 Å². The van der Waals surface area contributed by atoms with Crippen molar-refractivity contribution in [3.8, 4) is 5.75 Å². The smallest absolute Gasteiger partial charge is 0.118 e. The van der Waals surface area contributed by atoms with E-state index < -0.39 is 0 Å². The molecule has 1 N–H and O–H groups in total. The van der Waals surface area contributed by atoms with Crippen molar-refractivity contribution < 1.29 is 9.94 Å². The molecule has 0 radical (unpaired) electrons. The number of hydrogen-bond acceptors (Lipinski definition) is 4. The van der Waals surface area contributed by atoms with Gasteiger partial charge in [-0.1, -0.05) is 23.4 Å². The molecule has 3 rings (SSSR count). The molecule has 20 heavy (non-hydrogen) atoms. The molecule has 2 aromatic rings. The van der Waals surface area contributed by atoms with Crippen LogP contribution >= 0.6 is 0 Å². The van der Waals surface area contributed by atoms with Gasteiger partial charge in [-0.25, -0.2) is 0 Å². The largest absolute Gasteiger partial charge is 0.497 e. The van der Waals surface area contributed by atoms with Crippen LogP contribution in [0.4, 0.5) is 0 Å². The Balaban J connectivity index is 1.77. The van der Waals surface area contributed by atoms with Crippen LogP contribution in [0, 0.1) is 5.92 Å². The number of nitrogens with zero attached hydrogens (tertiary/aromatic N) is 2. The highest BCUT2D eigenvalue weighted by Gasteiger charge is 2.43. The minimum absolute atomic E-state index is 0.239. The molecule has 0 saturated heterocycles. The van der Waals surface area contributed by atoms with Gasteiger partial charge in [0.25, 0.3) is 0 Å². The van der Waals surface area contributed by atoms with Crippen LogP contribution in [-0.2, 0) is 0 Å². The monoisotopic (exact) mass is 268 g/mol. The number of benzene rings is 1. The molecule has 0 bridgehead atoms. The number of ether oxygens (including phenoxy) is 1. The molecular formula is C16H16N2O2. The summed E-state index contributed by atoms with van der Waals surface area (Å²) in [5.41, 5.74) is 2.66. The van der Waals surface area contributed by atoms with Crippen LogP contribution in [0.15, 0.2) is 53.8 Å². The van der Waals surface area contributed by atoms with Crippen LogP contribution in [0.1, 0.15) is 23.6 Å². The molecular weight excluding hydrogens is 252 g/mol. The van der Waals surface area contributed by atoms with Crippen LogP contribution in [0.2, 0.25) is 0 Å². The van der Waals surface area contributed by atoms with Gasteiger partial charge in [-0.3, -0.25) is 4.98 Å². The van der Waals surface area contributed by atoms with Gasteiger partial charge in [-0.15, -0.1) is 0 Å². The van der Waals surface area contributed by atoms with Crippen LogP contribution in [0.25, 0.3) is 0 Å². The zero-order valence-corrected chi connectivity index (χ0v) is 11.2. The summed E-state index contributed by atoms with van der Waals surface area (Å²) in [6, 6.07) is 13.7. The maximum absolute atomic E-state index is 9.26. The number of aromatic nitrogens is 1. The summed E-state index contributed by atoms with van der Waals surface area (Å²) in [5, 5.41) is 12.7. The summed E-state index contributed by atoms with van der Waals surface area (Å²) in [6.07, 6.45) is 2.70. The Bertz CT molecular complexity index is 608. The Morgan fingerprint density at radius 1 is 1.25 bits per heavy atom. The van der Waals surface area contributed by atoms with Crippen LogP contribution in [-0.4, -0.2) is 23.0 Å². The molecule has 1 fully saturated rings. The lowest BCUT2D eigenvalue weighted by Gasteiger charge is -2.04. The van der Waals surface area contributed by atoms with Gasteiger partial charge in [0.05, 0.1) is 12.8 Å².